The molecule has 19 heavy (non-hydrogen) atoms. The second kappa shape index (κ2) is 5.10. The molecule has 0 saturated carbocycles. The van der Waals surface area contributed by atoms with Crippen molar-refractivity contribution in [3.63, 3.8) is 0 Å². The van der Waals surface area contributed by atoms with Gasteiger partial charge in [-0.3, -0.25) is 0 Å². The van der Waals surface area contributed by atoms with Crippen LogP contribution < -0.4 is 0 Å². The predicted molar refractivity (Wildman–Crippen MR) is 70.8 cm³/mol. The van der Waals surface area contributed by atoms with Gasteiger partial charge in [-0.05, 0) is 48.7 Å². The maximum Gasteiger partial charge on any atom is 0.126 e. The summed E-state index contributed by atoms with van der Waals surface area (Å²) in [4.78, 5) is 0. The largest absolute Gasteiger partial charge is 0.385 e. The zero-order chi connectivity index (χ0) is 14.0. The Bertz CT molecular complexity index is 571. The van der Waals surface area contributed by atoms with E-state index >= 15 is 0 Å². The highest BCUT2D eigenvalue weighted by atomic mass is 19.1. The summed E-state index contributed by atoms with van der Waals surface area (Å²) in [7, 11) is 0. The van der Waals surface area contributed by atoms with Crippen LogP contribution in [0.5, 0.6) is 0 Å². The monoisotopic (exact) mass is 262 g/mol. The van der Waals surface area contributed by atoms with E-state index in [9.17, 15) is 13.9 Å². The molecule has 0 amide bonds. The van der Waals surface area contributed by atoms with Crippen molar-refractivity contribution in [1.29, 1.82) is 0 Å². The van der Waals surface area contributed by atoms with Crippen LogP contribution in [0.2, 0.25) is 0 Å². The summed E-state index contributed by atoms with van der Waals surface area (Å²) in [5.41, 5.74) is 0.279. The number of aliphatic hydroxyl groups is 1. The Balaban J connectivity index is 2.34. The zero-order valence-electron chi connectivity index (χ0n) is 11.0. The third-order valence-corrected chi connectivity index (χ3v) is 3.16. The lowest BCUT2D eigenvalue weighted by Gasteiger charge is -2.24. The third-order valence-electron chi connectivity index (χ3n) is 3.16. The van der Waals surface area contributed by atoms with Crippen LogP contribution in [0.4, 0.5) is 8.78 Å². The van der Waals surface area contributed by atoms with Gasteiger partial charge in [-0.25, -0.2) is 8.78 Å². The maximum atomic E-state index is 13.6. The molecule has 2 aromatic rings. The fourth-order valence-corrected chi connectivity index (χ4v) is 2.16. The molecule has 0 spiro atoms. The van der Waals surface area contributed by atoms with Crippen molar-refractivity contribution < 1.29 is 13.9 Å². The number of hydrogen-bond donors (Lipinski definition) is 1. The summed E-state index contributed by atoms with van der Waals surface area (Å²) in [6.07, 6.45) is 0.0998. The molecule has 0 aliphatic carbocycles. The van der Waals surface area contributed by atoms with Gasteiger partial charge in [0, 0.05) is 6.42 Å². The van der Waals surface area contributed by atoms with Crippen molar-refractivity contribution in [2.75, 3.05) is 0 Å². The van der Waals surface area contributed by atoms with Crippen molar-refractivity contribution in [2.45, 2.75) is 25.9 Å². The summed E-state index contributed by atoms with van der Waals surface area (Å²) in [6.45, 7) is 3.32. The molecular formula is C16H16F2O. The fraction of sp³-hybridized carbons (Fsp3) is 0.250. The number of rotatable bonds is 3. The fourth-order valence-electron chi connectivity index (χ4n) is 2.16. The van der Waals surface area contributed by atoms with Crippen LogP contribution >= 0.6 is 0 Å². The summed E-state index contributed by atoms with van der Waals surface area (Å²) >= 11 is 0. The quantitative estimate of drug-likeness (QED) is 0.893. The molecule has 0 fully saturated rings. The first-order chi connectivity index (χ1) is 8.88. The topological polar surface area (TPSA) is 20.2 Å². The lowest BCUT2D eigenvalue weighted by molar-refractivity contribution is 0.0563. The molecule has 0 aliphatic heterocycles. The van der Waals surface area contributed by atoms with E-state index in [0.717, 1.165) is 5.56 Å². The molecule has 1 unspecified atom stereocenters. The predicted octanol–water partition coefficient (Wildman–Crippen LogP) is 3.72. The van der Waals surface area contributed by atoms with Crippen molar-refractivity contribution in [3.05, 3.63) is 70.8 Å². The molecular weight excluding hydrogens is 246 g/mol. The van der Waals surface area contributed by atoms with E-state index in [1.165, 1.54) is 18.2 Å². The molecule has 0 bridgehead atoms. The molecule has 3 heteroatoms. The van der Waals surface area contributed by atoms with Gasteiger partial charge < -0.3 is 5.11 Å². The smallest absolute Gasteiger partial charge is 0.126 e. The first-order valence-electron chi connectivity index (χ1n) is 6.12. The van der Waals surface area contributed by atoms with E-state index in [2.05, 4.69) is 0 Å². The SMILES string of the molecule is Cc1cc(F)cc(C(C)(O)Cc2ccccc2F)c1. The molecule has 0 aliphatic rings. The molecule has 1 N–H and O–H groups in total. The Morgan fingerprint density at radius 3 is 2.42 bits per heavy atom. The average molecular weight is 262 g/mol. The molecule has 100 valence electrons. The molecule has 0 saturated heterocycles. The Kier molecular flexibility index (Phi) is 3.67. The normalized spacial score (nSPS) is 14.2. The highest BCUT2D eigenvalue weighted by Gasteiger charge is 2.25. The van der Waals surface area contributed by atoms with Crippen LogP contribution in [0.1, 0.15) is 23.6 Å². The Morgan fingerprint density at radius 1 is 1.11 bits per heavy atom. The van der Waals surface area contributed by atoms with Gasteiger partial charge in [0.2, 0.25) is 0 Å². The van der Waals surface area contributed by atoms with Crippen LogP contribution in [0.3, 0.4) is 0 Å². The number of halogens is 2. The van der Waals surface area contributed by atoms with Crippen LogP contribution in [-0.4, -0.2) is 5.11 Å². The number of aryl methyl sites for hydroxylation is 1. The second-order valence-corrected chi connectivity index (χ2v) is 5.06. The molecule has 0 radical (unpaired) electrons. The summed E-state index contributed by atoms with van der Waals surface area (Å²) < 4.78 is 27.0. The van der Waals surface area contributed by atoms with E-state index in [0.29, 0.717) is 11.1 Å². The zero-order valence-corrected chi connectivity index (χ0v) is 11.0. The molecule has 0 heterocycles. The Labute approximate surface area is 111 Å². The van der Waals surface area contributed by atoms with Gasteiger partial charge in [-0.2, -0.15) is 0 Å². The lowest BCUT2D eigenvalue weighted by Crippen LogP contribution is -2.25. The number of hydrogen-bond acceptors (Lipinski definition) is 1. The summed E-state index contributed by atoms with van der Waals surface area (Å²) in [6, 6.07) is 10.7. The summed E-state index contributed by atoms with van der Waals surface area (Å²) in [5, 5.41) is 10.5. The van der Waals surface area contributed by atoms with Gasteiger partial charge in [0.05, 0.1) is 5.60 Å². The van der Waals surface area contributed by atoms with Crippen LogP contribution in [0, 0.1) is 18.6 Å². The standard InChI is InChI=1S/C16H16F2O/c1-11-7-13(9-14(17)8-11)16(2,19)10-12-5-3-4-6-15(12)18/h3-9,19H,10H2,1-2H3. The van der Waals surface area contributed by atoms with Gasteiger partial charge in [0.25, 0.3) is 0 Å². The number of benzene rings is 2. The van der Waals surface area contributed by atoms with Gasteiger partial charge in [-0.15, -0.1) is 0 Å². The Morgan fingerprint density at radius 2 is 1.79 bits per heavy atom. The van der Waals surface area contributed by atoms with Crippen molar-refractivity contribution in [3.8, 4) is 0 Å². The highest BCUT2D eigenvalue weighted by Crippen LogP contribution is 2.27. The molecule has 1 nitrogen and oxygen atoms in total. The first kappa shape index (κ1) is 13.7. The van der Waals surface area contributed by atoms with Crippen molar-refractivity contribution in [1.82, 2.24) is 0 Å². The minimum atomic E-state index is -1.31. The van der Waals surface area contributed by atoms with Gasteiger partial charge in [0.15, 0.2) is 0 Å². The van der Waals surface area contributed by atoms with Crippen LogP contribution in [0.25, 0.3) is 0 Å². The lowest BCUT2D eigenvalue weighted by atomic mass is 9.88. The highest BCUT2D eigenvalue weighted by molar-refractivity contribution is 5.30. The average Bonchev–Trinajstić information content (AvgIpc) is 2.31. The van der Waals surface area contributed by atoms with Crippen molar-refractivity contribution >= 4 is 0 Å². The van der Waals surface area contributed by atoms with Gasteiger partial charge in [0.1, 0.15) is 11.6 Å². The third kappa shape index (κ3) is 3.18. The second-order valence-electron chi connectivity index (χ2n) is 5.06. The minimum absolute atomic E-state index is 0.0998. The van der Waals surface area contributed by atoms with Crippen LogP contribution in [-0.2, 0) is 12.0 Å². The molecule has 0 aromatic heterocycles. The molecule has 2 rings (SSSR count). The maximum absolute atomic E-state index is 13.6. The minimum Gasteiger partial charge on any atom is -0.385 e. The Hall–Kier alpha value is -1.74. The van der Waals surface area contributed by atoms with Gasteiger partial charge in [-0.1, -0.05) is 24.3 Å². The van der Waals surface area contributed by atoms with Crippen LogP contribution in [0.15, 0.2) is 42.5 Å². The van der Waals surface area contributed by atoms with E-state index in [4.69, 9.17) is 0 Å². The van der Waals surface area contributed by atoms with E-state index in [1.54, 1.807) is 38.1 Å². The van der Waals surface area contributed by atoms with Gasteiger partial charge >= 0.3 is 0 Å². The van der Waals surface area contributed by atoms with E-state index < -0.39 is 11.4 Å². The van der Waals surface area contributed by atoms with E-state index in [-0.39, 0.29) is 12.2 Å². The first-order valence-corrected chi connectivity index (χ1v) is 6.12. The molecule has 1 atom stereocenters. The van der Waals surface area contributed by atoms with E-state index in [1.807, 2.05) is 0 Å². The molecule has 2 aromatic carbocycles. The summed E-state index contributed by atoms with van der Waals surface area (Å²) in [5.74, 6) is -0.764. The van der Waals surface area contributed by atoms with Crippen molar-refractivity contribution in [2.24, 2.45) is 0 Å².